The number of H-pyrrole nitrogens is 1. The summed E-state index contributed by atoms with van der Waals surface area (Å²) in [6.45, 7) is 5.95. The second-order valence-electron chi connectivity index (χ2n) is 9.06. The Morgan fingerprint density at radius 1 is 1.09 bits per heavy atom. The van der Waals surface area contributed by atoms with Crippen molar-refractivity contribution in [3.8, 4) is 0 Å². The molecule has 6 rings (SSSR count). The predicted molar refractivity (Wildman–Crippen MR) is 132 cm³/mol. The van der Waals surface area contributed by atoms with Crippen molar-refractivity contribution in [1.29, 1.82) is 0 Å². The van der Waals surface area contributed by atoms with Crippen LogP contribution in [0.15, 0.2) is 35.4 Å². The highest BCUT2D eigenvalue weighted by atomic mass is 16.5. The number of carbonyl (C=O) groups is 1. The number of aromatic nitrogens is 4. The maximum atomic E-state index is 13.5. The minimum absolute atomic E-state index is 0. The van der Waals surface area contributed by atoms with Crippen molar-refractivity contribution >= 4 is 28.3 Å². The predicted octanol–water partition coefficient (Wildman–Crippen LogP) is 3.92. The van der Waals surface area contributed by atoms with Crippen molar-refractivity contribution in [3.63, 3.8) is 0 Å². The molecule has 34 heavy (non-hydrogen) atoms. The number of benzene rings is 1. The summed E-state index contributed by atoms with van der Waals surface area (Å²) in [7, 11) is 0. The van der Waals surface area contributed by atoms with Crippen molar-refractivity contribution in [2.45, 2.75) is 46.5 Å². The van der Waals surface area contributed by atoms with Crippen LogP contribution in [0.4, 0.5) is 5.82 Å². The maximum absolute atomic E-state index is 13.5. The molecule has 1 amide bonds. The number of nitrogens with zero attached hydrogens (tertiary/aromatic N) is 4. The molecule has 8 heteroatoms. The molecule has 2 aliphatic rings. The number of aryl methyl sites for hydroxylation is 2. The van der Waals surface area contributed by atoms with Gasteiger partial charge in [0.2, 0.25) is 0 Å². The number of hydrogen-bond acceptors (Lipinski definition) is 5. The number of ether oxygens (including phenoxy) is 1. The van der Waals surface area contributed by atoms with Crippen molar-refractivity contribution in [2.24, 2.45) is 0 Å². The van der Waals surface area contributed by atoms with E-state index in [1.54, 1.807) is 23.4 Å². The Bertz CT molecular complexity index is 1480. The first-order valence-electron chi connectivity index (χ1n) is 11.4. The summed E-state index contributed by atoms with van der Waals surface area (Å²) in [4.78, 5) is 40.2. The molecule has 0 saturated carbocycles. The second-order valence-corrected chi connectivity index (χ2v) is 9.06. The van der Waals surface area contributed by atoms with Gasteiger partial charge in [0, 0.05) is 37.4 Å². The molecule has 8 nitrogen and oxygen atoms in total. The highest BCUT2D eigenvalue weighted by Crippen LogP contribution is 2.31. The molecular weight excluding hydrogens is 430 g/mol. The van der Waals surface area contributed by atoms with Gasteiger partial charge in [-0.2, -0.15) is 0 Å². The monoisotopic (exact) mass is 459 g/mol. The third-order valence-corrected chi connectivity index (χ3v) is 6.86. The Kier molecular flexibility index (Phi) is 5.48. The summed E-state index contributed by atoms with van der Waals surface area (Å²) in [5, 5.41) is 0. The van der Waals surface area contributed by atoms with Gasteiger partial charge in [0.15, 0.2) is 0 Å². The number of imidazole rings is 1. The first-order valence-corrected chi connectivity index (χ1v) is 11.4. The van der Waals surface area contributed by atoms with E-state index in [1.165, 1.54) is 0 Å². The topological polar surface area (TPSA) is 92.6 Å². The Labute approximate surface area is 197 Å². The van der Waals surface area contributed by atoms with Gasteiger partial charge in [0.05, 0.1) is 17.2 Å². The van der Waals surface area contributed by atoms with Crippen molar-refractivity contribution in [3.05, 3.63) is 69.0 Å². The quantitative estimate of drug-likeness (QED) is 0.490. The molecule has 176 valence electrons. The van der Waals surface area contributed by atoms with E-state index in [0.29, 0.717) is 36.4 Å². The molecule has 3 aromatic heterocycles. The van der Waals surface area contributed by atoms with Gasteiger partial charge in [0.1, 0.15) is 17.2 Å². The zero-order valence-corrected chi connectivity index (χ0v) is 18.7. The molecule has 1 fully saturated rings. The fraction of sp³-hybridized carbons (Fsp3) is 0.385. The molecule has 4 aromatic rings. The fourth-order valence-electron chi connectivity index (χ4n) is 5.15. The Morgan fingerprint density at radius 3 is 2.68 bits per heavy atom. The number of carbonyl (C=O) groups excluding carboxylic acids is 1. The zero-order valence-electron chi connectivity index (χ0n) is 18.7. The van der Waals surface area contributed by atoms with Gasteiger partial charge in [0.25, 0.3) is 11.5 Å². The van der Waals surface area contributed by atoms with Crippen molar-refractivity contribution < 1.29 is 9.53 Å². The highest BCUT2D eigenvalue weighted by molar-refractivity contribution is 6.09. The molecule has 1 N–H and O–H groups in total. The van der Waals surface area contributed by atoms with E-state index in [2.05, 4.69) is 21.0 Å². The summed E-state index contributed by atoms with van der Waals surface area (Å²) in [5.74, 6) is 1.76. The first kappa shape index (κ1) is 22.3. The molecule has 0 aliphatic carbocycles. The average molecular weight is 460 g/mol. The lowest BCUT2D eigenvalue weighted by molar-refractivity contribution is 0.0835. The lowest BCUT2D eigenvalue weighted by atomic mass is 9.99. The minimum atomic E-state index is -0.209. The number of rotatable bonds is 2. The van der Waals surface area contributed by atoms with Crippen LogP contribution >= 0.6 is 0 Å². The van der Waals surface area contributed by atoms with Gasteiger partial charge < -0.3 is 9.72 Å². The van der Waals surface area contributed by atoms with Gasteiger partial charge in [-0.15, -0.1) is 0 Å². The standard InChI is InChI=1S/C25H25N5O3.CH4/c1-14-9-17-3-6-29(22(17)26-12-14)25(32)18-11-19-20(10-15(18)2)30-21(24(31)28-19)13-27-23(30)16-4-7-33-8-5-16;/h9-13,16H,3-8H2,1-2H3,(H,28,31);1H4. The molecule has 1 saturated heterocycles. The number of aromatic amines is 1. The van der Waals surface area contributed by atoms with Gasteiger partial charge in [-0.3, -0.25) is 18.9 Å². The molecule has 0 bridgehead atoms. The molecule has 0 unspecified atom stereocenters. The highest BCUT2D eigenvalue weighted by Gasteiger charge is 2.29. The number of hydrogen-bond donors (Lipinski definition) is 1. The lowest BCUT2D eigenvalue weighted by Crippen LogP contribution is -2.30. The summed E-state index contributed by atoms with van der Waals surface area (Å²) >= 11 is 0. The van der Waals surface area contributed by atoms with Crippen LogP contribution in [-0.2, 0) is 11.2 Å². The van der Waals surface area contributed by atoms with E-state index >= 15 is 0 Å². The van der Waals surface area contributed by atoms with Crippen LogP contribution in [-0.4, -0.2) is 45.0 Å². The van der Waals surface area contributed by atoms with Gasteiger partial charge in [-0.1, -0.05) is 13.5 Å². The Morgan fingerprint density at radius 2 is 1.88 bits per heavy atom. The maximum Gasteiger partial charge on any atom is 0.274 e. The third kappa shape index (κ3) is 3.40. The number of fused-ring (bicyclic) bond motifs is 4. The third-order valence-electron chi connectivity index (χ3n) is 6.86. The van der Waals surface area contributed by atoms with E-state index in [9.17, 15) is 9.59 Å². The SMILES string of the molecule is C.Cc1cnc2c(c1)CCN2C(=O)c1cc2[nH]c(=O)c3cnc(C4CCOCC4)n3c2cc1C. The number of nitrogens with one attached hydrogen (secondary N) is 1. The fourth-order valence-corrected chi connectivity index (χ4v) is 5.15. The van der Waals surface area contributed by atoms with Crippen molar-refractivity contribution in [1.82, 2.24) is 19.4 Å². The molecule has 0 spiro atoms. The van der Waals surface area contributed by atoms with Gasteiger partial charge >= 0.3 is 0 Å². The average Bonchev–Trinajstić information content (AvgIpc) is 3.44. The molecule has 1 aromatic carbocycles. The minimum Gasteiger partial charge on any atom is -0.381 e. The number of amides is 1. The summed E-state index contributed by atoms with van der Waals surface area (Å²) < 4.78 is 7.47. The van der Waals surface area contributed by atoms with E-state index in [4.69, 9.17) is 4.74 Å². The molecule has 5 heterocycles. The Hall–Kier alpha value is -3.52. The first-order chi connectivity index (χ1) is 16.0. The molecule has 0 radical (unpaired) electrons. The van der Waals surface area contributed by atoms with Crippen LogP contribution in [0.2, 0.25) is 0 Å². The van der Waals surface area contributed by atoms with Crippen LogP contribution in [0, 0.1) is 13.8 Å². The number of pyridine rings is 1. The van der Waals surface area contributed by atoms with E-state index in [-0.39, 0.29) is 24.8 Å². The van der Waals surface area contributed by atoms with Gasteiger partial charge in [-0.05, 0) is 61.9 Å². The van der Waals surface area contributed by atoms with Crippen molar-refractivity contribution in [2.75, 3.05) is 24.7 Å². The zero-order chi connectivity index (χ0) is 22.7. The summed E-state index contributed by atoms with van der Waals surface area (Å²) in [6.07, 6.45) is 5.99. The van der Waals surface area contributed by atoms with Gasteiger partial charge in [-0.25, -0.2) is 9.97 Å². The largest absolute Gasteiger partial charge is 0.381 e. The van der Waals surface area contributed by atoms with Crippen LogP contribution in [0.1, 0.15) is 59.1 Å². The lowest BCUT2D eigenvalue weighted by Gasteiger charge is -2.22. The smallest absolute Gasteiger partial charge is 0.274 e. The Balaban J connectivity index is 0.00000241. The van der Waals surface area contributed by atoms with E-state index < -0.39 is 0 Å². The normalized spacial score (nSPS) is 16.1. The van der Waals surface area contributed by atoms with Crippen LogP contribution in [0.3, 0.4) is 0 Å². The summed E-state index contributed by atoms with van der Waals surface area (Å²) in [5.41, 5.74) is 5.41. The van der Waals surface area contributed by atoms with Crippen LogP contribution < -0.4 is 10.5 Å². The second kappa shape index (κ2) is 8.36. The van der Waals surface area contributed by atoms with Crippen LogP contribution in [0.25, 0.3) is 16.6 Å². The molecular formula is C26H29N5O3. The van der Waals surface area contributed by atoms with E-state index in [0.717, 1.165) is 53.1 Å². The van der Waals surface area contributed by atoms with E-state index in [1.807, 2.05) is 24.3 Å². The molecule has 0 atom stereocenters. The molecule has 2 aliphatic heterocycles. The summed E-state index contributed by atoms with van der Waals surface area (Å²) in [6, 6.07) is 5.87. The number of anilines is 1. The van der Waals surface area contributed by atoms with Crippen LogP contribution in [0.5, 0.6) is 0 Å².